The van der Waals surface area contributed by atoms with Gasteiger partial charge in [0.2, 0.25) is 0 Å². The number of thioether (sulfide) groups is 2. The first-order valence-corrected chi connectivity index (χ1v) is 9.32. The monoisotopic (exact) mass is 334 g/mol. The van der Waals surface area contributed by atoms with Crippen LogP contribution in [-0.2, 0) is 5.75 Å². The van der Waals surface area contributed by atoms with Gasteiger partial charge in [-0.1, -0.05) is 60.0 Å². The van der Waals surface area contributed by atoms with Gasteiger partial charge in [-0.05, 0) is 17.9 Å². The number of para-hydroxylation sites is 1. The molecule has 0 N–H and O–H groups in total. The standard InChI is InChI=1S/C14H14N4S3/c1-2-19-13-16-17-14(21-13)20-10-11-8-15-18(9-11)12-6-4-3-5-7-12/h3-9H,2,10H2,1H3. The van der Waals surface area contributed by atoms with Crippen LogP contribution in [0.2, 0.25) is 0 Å². The third kappa shape index (κ3) is 3.87. The molecule has 2 heterocycles. The molecule has 3 rings (SSSR count). The van der Waals surface area contributed by atoms with Gasteiger partial charge in [-0.25, -0.2) is 4.68 Å². The van der Waals surface area contributed by atoms with Crippen molar-refractivity contribution < 1.29 is 0 Å². The van der Waals surface area contributed by atoms with E-state index in [1.165, 1.54) is 5.56 Å². The smallest absolute Gasteiger partial charge is 0.175 e. The number of benzene rings is 1. The van der Waals surface area contributed by atoms with Crippen molar-refractivity contribution in [3.63, 3.8) is 0 Å². The lowest BCUT2D eigenvalue weighted by Crippen LogP contribution is -1.92. The van der Waals surface area contributed by atoms with Crippen LogP contribution >= 0.6 is 34.9 Å². The van der Waals surface area contributed by atoms with Crippen molar-refractivity contribution in [2.24, 2.45) is 0 Å². The van der Waals surface area contributed by atoms with Crippen molar-refractivity contribution in [3.8, 4) is 5.69 Å². The third-order valence-electron chi connectivity index (χ3n) is 2.67. The summed E-state index contributed by atoms with van der Waals surface area (Å²) in [4.78, 5) is 0. The molecule has 0 fully saturated rings. The minimum atomic E-state index is 0.859. The summed E-state index contributed by atoms with van der Waals surface area (Å²) in [5.74, 6) is 1.89. The minimum absolute atomic E-state index is 0.859. The summed E-state index contributed by atoms with van der Waals surface area (Å²) in [7, 11) is 0. The molecule has 1 aromatic carbocycles. The Morgan fingerprint density at radius 1 is 1.10 bits per heavy atom. The summed E-state index contributed by atoms with van der Waals surface area (Å²) in [5.41, 5.74) is 2.26. The Morgan fingerprint density at radius 2 is 1.86 bits per heavy atom. The van der Waals surface area contributed by atoms with Crippen LogP contribution in [0.5, 0.6) is 0 Å². The van der Waals surface area contributed by atoms with Crippen LogP contribution in [0.3, 0.4) is 0 Å². The SMILES string of the molecule is CCSc1nnc(SCc2cnn(-c3ccccc3)c2)s1. The molecule has 0 spiro atoms. The van der Waals surface area contributed by atoms with Crippen LogP contribution in [0.25, 0.3) is 5.69 Å². The molecular weight excluding hydrogens is 320 g/mol. The van der Waals surface area contributed by atoms with Gasteiger partial charge in [0.1, 0.15) is 0 Å². The molecule has 108 valence electrons. The van der Waals surface area contributed by atoms with Gasteiger partial charge in [-0.3, -0.25) is 0 Å². The highest BCUT2D eigenvalue weighted by atomic mass is 32.2. The van der Waals surface area contributed by atoms with E-state index in [9.17, 15) is 0 Å². The molecule has 0 radical (unpaired) electrons. The van der Waals surface area contributed by atoms with Gasteiger partial charge in [0.25, 0.3) is 0 Å². The first-order valence-electron chi connectivity index (χ1n) is 6.53. The van der Waals surface area contributed by atoms with E-state index in [2.05, 4.69) is 28.4 Å². The van der Waals surface area contributed by atoms with Crippen molar-refractivity contribution in [1.82, 2.24) is 20.0 Å². The first kappa shape index (κ1) is 14.6. The molecule has 0 amide bonds. The van der Waals surface area contributed by atoms with Gasteiger partial charge in [-0.15, -0.1) is 10.2 Å². The summed E-state index contributed by atoms with van der Waals surface area (Å²) in [5, 5.41) is 12.8. The fourth-order valence-electron chi connectivity index (χ4n) is 1.74. The van der Waals surface area contributed by atoms with E-state index in [0.717, 1.165) is 25.9 Å². The Bertz CT molecular complexity index is 693. The molecule has 21 heavy (non-hydrogen) atoms. The molecule has 0 aliphatic carbocycles. The predicted octanol–water partition coefficient (Wildman–Crippen LogP) is 4.13. The first-order chi connectivity index (χ1) is 10.3. The Kier molecular flexibility index (Phi) is 4.95. The van der Waals surface area contributed by atoms with Gasteiger partial charge >= 0.3 is 0 Å². The van der Waals surface area contributed by atoms with Crippen LogP contribution in [0.4, 0.5) is 0 Å². The molecule has 0 saturated heterocycles. The van der Waals surface area contributed by atoms with Gasteiger partial charge in [0.15, 0.2) is 8.68 Å². The highest BCUT2D eigenvalue weighted by molar-refractivity contribution is 8.02. The number of nitrogens with zero attached hydrogens (tertiary/aromatic N) is 4. The fraction of sp³-hybridized carbons (Fsp3) is 0.214. The topological polar surface area (TPSA) is 43.6 Å². The van der Waals surface area contributed by atoms with E-state index in [1.807, 2.05) is 41.2 Å². The van der Waals surface area contributed by atoms with Gasteiger partial charge in [0, 0.05) is 17.5 Å². The van der Waals surface area contributed by atoms with Crippen LogP contribution in [0.1, 0.15) is 12.5 Å². The molecule has 2 aromatic heterocycles. The summed E-state index contributed by atoms with van der Waals surface area (Å²) < 4.78 is 3.95. The zero-order valence-electron chi connectivity index (χ0n) is 11.5. The number of hydrogen-bond donors (Lipinski definition) is 0. The van der Waals surface area contributed by atoms with E-state index in [0.29, 0.717) is 0 Å². The van der Waals surface area contributed by atoms with Gasteiger partial charge in [-0.2, -0.15) is 5.10 Å². The molecule has 0 aliphatic heterocycles. The summed E-state index contributed by atoms with van der Waals surface area (Å²) in [6.45, 7) is 2.12. The second-order valence-electron chi connectivity index (χ2n) is 4.18. The number of hydrogen-bond acceptors (Lipinski definition) is 6. The third-order valence-corrected chi connectivity index (χ3v) is 5.82. The van der Waals surface area contributed by atoms with E-state index >= 15 is 0 Å². The average Bonchev–Trinajstić information content (AvgIpc) is 3.16. The van der Waals surface area contributed by atoms with Crippen molar-refractivity contribution in [3.05, 3.63) is 48.3 Å². The van der Waals surface area contributed by atoms with Gasteiger partial charge in [0.05, 0.1) is 11.9 Å². The molecule has 0 aliphatic rings. The van der Waals surface area contributed by atoms with Crippen molar-refractivity contribution in [2.75, 3.05) is 5.75 Å². The maximum absolute atomic E-state index is 4.40. The molecule has 4 nitrogen and oxygen atoms in total. The summed E-state index contributed by atoms with van der Waals surface area (Å²) in [6, 6.07) is 10.1. The largest absolute Gasteiger partial charge is 0.241 e. The highest BCUT2D eigenvalue weighted by Crippen LogP contribution is 2.30. The van der Waals surface area contributed by atoms with E-state index in [1.54, 1.807) is 34.9 Å². The lowest BCUT2D eigenvalue weighted by Gasteiger charge is -1.98. The molecule has 0 atom stereocenters. The minimum Gasteiger partial charge on any atom is -0.241 e. The average molecular weight is 334 g/mol. The normalized spacial score (nSPS) is 10.9. The quantitative estimate of drug-likeness (QED) is 0.634. The Morgan fingerprint density at radius 3 is 2.62 bits per heavy atom. The van der Waals surface area contributed by atoms with E-state index < -0.39 is 0 Å². The fourth-order valence-corrected chi connectivity index (χ4v) is 4.57. The Labute approximate surface area is 136 Å². The Hall–Kier alpha value is -1.31. The van der Waals surface area contributed by atoms with E-state index in [4.69, 9.17) is 0 Å². The van der Waals surface area contributed by atoms with Gasteiger partial charge < -0.3 is 0 Å². The molecular formula is C14H14N4S3. The lowest BCUT2D eigenvalue weighted by atomic mass is 10.3. The summed E-state index contributed by atoms with van der Waals surface area (Å²) in [6.07, 6.45) is 3.97. The molecule has 3 aromatic rings. The van der Waals surface area contributed by atoms with Crippen LogP contribution in [-0.4, -0.2) is 25.7 Å². The second-order valence-corrected chi connectivity index (χ2v) is 7.90. The molecule has 0 unspecified atom stereocenters. The van der Waals surface area contributed by atoms with Crippen LogP contribution in [0.15, 0.2) is 51.4 Å². The van der Waals surface area contributed by atoms with E-state index in [-0.39, 0.29) is 0 Å². The van der Waals surface area contributed by atoms with Crippen molar-refractivity contribution >= 4 is 34.9 Å². The maximum Gasteiger partial charge on any atom is 0.175 e. The molecule has 0 bridgehead atoms. The second kappa shape index (κ2) is 7.11. The number of rotatable bonds is 6. The van der Waals surface area contributed by atoms with Crippen molar-refractivity contribution in [2.45, 2.75) is 21.4 Å². The Balaban J connectivity index is 1.62. The zero-order valence-corrected chi connectivity index (χ0v) is 13.9. The molecule has 0 saturated carbocycles. The molecule has 7 heteroatoms. The summed E-state index contributed by atoms with van der Waals surface area (Å²) >= 11 is 5.10. The maximum atomic E-state index is 4.40. The lowest BCUT2D eigenvalue weighted by molar-refractivity contribution is 0.880. The van der Waals surface area contributed by atoms with Crippen LogP contribution < -0.4 is 0 Å². The predicted molar refractivity (Wildman–Crippen MR) is 89.4 cm³/mol. The zero-order chi connectivity index (χ0) is 14.5. The van der Waals surface area contributed by atoms with Crippen LogP contribution in [0, 0.1) is 0 Å². The van der Waals surface area contributed by atoms with Crippen molar-refractivity contribution in [1.29, 1.82) is 0 Å². The highest BCUT2D eigenvalue weighted by Gasteiger charge is 2.06. The number of aromatic nitrogens is 4.